The molecular weight excluding hydrogens is 344 g/mol. The number of carbonyl (C=O) groups is 1. The summed E-state index contributed by atoms with van der Waals surface area (Å²) in [6, 6.07) is 0. The van der Waals surface area contributed by atoms with Crippen LogP contribution in [-0.4, -0.2) is 20.8 Å². The van der Waals surface area contributed by atoms with E-state index in [2.05, 4.69) is 29.5 Å². The zero-order valence-electron chi connectivity index (χ0n) is 5.89. The summed E-state index contributed by atoms with van der Waals surface area (Å²) < 4.78 is 1.22. The normalized spacial score (nSPS) is 5.25. The van der Waals surface area contributed by atoms with Gasteiger partial charge in [-0.15, -0.1) is 0 Å². The van der Waals surface area contributed by atoms with E-state index in [0.717, 1.165) is 0 Å². The Morgan fingerprint density at radius 2 is 1.75 bits per heavy atom. The van der Waals surface area contributed by atoms with Gasteiger partial charge in [0.05, 0.1) is 0 Å². The molecule has 0 saturated heterocycles. The third-order valence-corrected chi connectivity index (χ3v) is 0. The van der Waals surface area contributed by atoms with Crippen LogP contribution in [0.5, 0.6) is 0 Å². The minimum absolute atomic E-state index is 0. The third-order valence-electron chi connectivity index (χ3n) is 0. The van der Waals surface area contributed by atoms with Gasteiger partial charge in [-0.25, -0.2) is 4.79 Å². The Bertz CT molecular complexity index is 50.3. The van der Waals surface area contributed by atoms with Crippen LogP contribution in [0.25, 0.3) is 0 Å². The average molecular weight is 352 g/mol. The van der Waals surface area contributed by atoms with Crippen molar-refractivity contribution >= 4 is 28.7 Å². The van der Waals surface area contributed by atoms with E-state index in [1.165, 1.54) is 4.43 Å². The summed E-state index contributed by atoms with van der Waals surface area (Å²) >= 11 is 2.29. The van der Waals surface area contributed by atoms with Crippen LogP contribution >= 0.6 is 22.6 Å². The van der Waals surface area contributed by atoms with Gasteiger partial charge >= 0.3 is 75.0 Å². The summed E-state index contributed by atoms with van der Waals surface area (Å²) in [6.07, 6.45) is -1.83. The first kappa shape index (κ1) is 16.6. The molecular formula is C3H8CsIO3. The van der Waals surface area contributed by atoms with E-state index in [1.54, 1.807) is 0 Å². The van der Waals surface area contributed by atoms with Gasteiger partial charge in [0.15, 0.2) is 0 Å². The van der Waals surface area contributed by atoms with Crippen LogP contribution in [0, 0.1) is 0 Å². The summed E-state index contributed by atoms with van der Waals surface area (Å²) in [5.74, 6) is 0. The topological polar surface area (TPSA) is 57.5 Å². The van der Waals surface area contributed by atoms with Crippen LogP contribution in [0.1, 0.15) is 8.35 Å². The number of alkyl halides is 1. The van der Waals surface area contributed by atoms with Crippen molar-refractivity contribution in [3.05, 3.63) is 0 Å². The van der Waals surface area contributed by atoms with Gasteiger partial charge in [-0.2, -0.15) is 0 Å². The van der Waals surface area contributed by atoms with Gasteiger partial charge in [-0.1, -0.05) is 29.5 Å². The second-order valence-electron chi connectivity index (χ2n) is 0.550. The standard InChI is InChI=1S/C2H5I.CH2O3.Cs.H/c1-2-3;2-1(3)4;;/h2H2,1H3;(H2,2,3,4);;/q;;+1;-1. The van der Waals surface area contributed by atoms with Crippen molar-refractivity contribution in [2.24, 2.45) is 0 Å². The Balaban J connectivity index is -0.0000000233. The van der Waals surface area contributed by atoms with Crippen LogP contribution in [0.4, 0.5) is 4.79 Å². The van der Waals surface area contributed by atoms with Gasteiger partial charge in [-0.3, -0.25) is 0 Å². The molecule has 0 aliphatic carbocycles. The molecule has 46 valence electrons. The number of rotatable bonds is 0. The molecule has 2 N–H and O–H groups in total. The van der Waals surface area contributed by atoms with Crippen molar-refractivity contribution in [2.45, 2.75) is 6.92 Å². The molecule has 0 amide bonds. The van der Waals surface area contributed by atoms with Crippen molar-refractivity contribution in [2.75, 3.05) is 4.43 Å². The van der Waals surface area contributed by atoms with Crippen LogP contribution in [0.15, 0.2) is 0 Å². The van der Waals surface area contributed by atoms with Gasteiger partial charge in [0.2, 0.25) is 0 Å². The van der Waals surface area contributed by atoms with Crippen molar-refractivity contribution in [3.63, 3.8) is 0 Å². The molecule has 3 nitrogen and oxygen atoms in total. The molecule has 0 aromatic rings. The second-order valence-corrected chi connectivity index (χ2v) is 2.08. The minimum atomic E-state index is -1.83. The maximum absolute atomic E-state index is 8.56. The first-order chi connectivity index (χ1) is 3.15. The number of hydrogen-bond acceptors (Lipinski definition) is 1. The first-order valence-corrected chi connectivity index (χ1v) is 3.15. The Morgan fingerprint density at radius 1 is 1.75 bits per heavy atom. The fourth-order valence-electron chi connectivity index (χ4n) is 0. The van der Waals surface area contributed by atoms with Crippen LogP contribution in [0.2, 0.25) is 0 Å². The molecule has 8 heavy (non-hydrogen) atoms. The fourth-order valence-corrected chi connectivity index (χ4v) is 0. The van der Waals surface area contributed by atoms with Gasteiger partial charge in [0.1, 0.15) is 0 Å². The molecule has 0 fully saturated rings. The van der Waals surface area contributed by atoms with E-state index in [-0.39, 0.29) is 70.3 Å². The molecule has 0 spiro atoms. The predicted molar refractivity (Wildman–Crippen MR) is 36.3 cm³/mol. The maximum Gasteiger partial charge on any atom is 1.00 e. The largest absolute Gasteiger partial charge is 1.00 e. The van der Waals surface area contributed by atoms with E-state index < -0.39 is 6.16 Å². The Kier molecular flexibility index (Phi) is 33.2. The van der Waals surface area contributed by atoms with Gasteiger partial charge < -0.3 is 11.6 Å². The zero-order chi connectivity index (χ0) is 6.28. The summed E-state index contributed by atoms with van der Waals surface area (Å²) in [7, 11) is 0. The van der Waals surface area contributed by atoms with Crippen molar-refractivity contribution in [1.82, 2.24) is 0 Å². The molecule has 0 aliphatic heterocycles. The van der Waals surface area contributed by atoms with Crippen LogP contribution in [-0.2, 0) is 0 Å². The van der Waals surface area contributed by atoms with Crippen molar-refractivity contribution < 1.29 is 85.3 Å². The molecule has 0 atom stereocenters. The van der Waals surface area contributed by atoms with Gasteiger partial charge in [-0.05, 0) is 4.43 Å². The Labute approximate surface area is 122 Å². The third kappa shape index (κ3) is 95.1. The van der Waals surface area contributed by atoms with Crippen molar-refractivity contribution in [3.8, 4) is 0 Å². The number of hydrogen-bond donors (Lipinski definition) is 2. The summed E-state index contributed by atoms with van der Waals surface area (Å²) in [5.41, 5.74) is 0. The molecule has 0 bridgehead atoms. The van der Waals surface area contributed by atoms with Crippen LogP contribution < -0.4 is 68.9 Å². The minimum Gasteiger partial charge on any atom is -1.00 e. The Morgan fingerprint density at radius 3 is 1.75 bits per heavy atom. The summed E-state index contributed by atoms with van der Waals surface area (Å²) in [4.78, 5) is 8.56. The molecule has 0 unspecified atom stereocenters. The molecule has 0 aromatic carbocycles. The van der Waals surface area contributed by atoms with Gasteiger partial charge in [0.25, 0.3) is 0 Å². The number of carboxylic acid groups (broad SMARTS) is 2. The van der Waals surface area contributed by atoms with Crippen molar-refractivity contribution in [1.29, 1.82) is 0 Å². The van der Waals surface area contributed by atoms with Gasteiger partial charge in [0, 0.05) is 0 Å². The van der Waals surface area contributed by atoms with Crippen LogP contribution in [0.3, 0.4) is 0 Å². The van der Waals surface area contributed by atoms with E-state index in [4.69, 9.17) is 15.0 Å². The van der Waals surface area contributed by atoms with E-state index in [9.17, 15) is 0 Å². The van der Waals surface area contributed by atoms with E-state index in [0.29, 0.717) is 0 Å². The molecule has 0 aromatic heterocycles. The average Bonchev–Trinajstić information content (AvgIpc) is 1.33. The fraction of sp³-hybridized carbons (Fsp3) is 0.667. The molecule has 0 heterocycles. The summed E-state index contributed by atoms with van der Waals surface area (Å²) in [5, 5.41) is 13.9. The van der Waals surface area contributed by atoms with E-state index >= 15 is 0 Å². The molecule has 0 saturated carbocycles. The number of halogens is 1. The predicted octanol–water partition coefficient (Wildman–Crippen LogP) is -1.22. The van der Waals surface area contributed by atoms with E-state index in [1.807, 2.05) is 0 Å². The molecule has 5 heteroatoms. The second kappa shape index (κ2) is 16.0. The smallest absolute Gasteiger partial charge is 1.00 e. The molecule has 0 radical (unpaired) electrons. The Hall–Kier alpha value is 2.05. The zero-order valence-corrected chi connectivity index (χ0v) is 13.3. The first-order valence-electron chi connectivity index (χ1n) is 1.63. The SMILES string of the molecule is CCI.O=C(O)O.[Cs+].[H-]. The molecule has 0 aliphatic rings. The monoisotopic (exact) mass is 352 g/mol. The summed E-state index contributed by atoms with van der Waals surface area (Å²) in [6.45, 7) is 2.11. The quantitative estimate of drug-likeness (QED) is 0.425. The maximum atomic E-state index is 8.56. The molecule has 0 rings (SSSR count).